The molecule has 20 heavy (non-hydrogen) atoms. The predicted molar refractivity (Wildman–Crippen MR) is 83.0 cm³/mol. The van der Waals surface area contributed by atoms with E-state index in [2.05, 4.69) is 15.9 Å². The lowest BCUT2D eigenvalue weighted by Gasteiger charge is -2.34. The van der Waals surface area contributed by atoms with Crippen LogP contribution in [0.3, 0.4) is 0 Å². The van der Waals surface area contributed by atoms with Gasteiger partial charge in [0.25, 0.3) is 5.91 Å². The number of piperidine rings is 1. The molecule has 0 spiro atoms. The van der Waals surface area contributed by atoms with Gasteiger partial charge < -0.3 is 15.4 Å². The molecule has 1 aliphatic rings. The van der Waals surface area contributed by atoms with E-state index < -0.39 is 0 Å². The number of hydrogen-bond acceptors (Lipinski definition) is 3. The molecular weight excluding hydrogens is 320 g/mol. The van der Waals surface area contributed by atoms with Crippen LogP contribution in [0, 0.1) is 5.92 Å². The highest BCUT2D eigenvalue weighted by Gasteiger charge is 2.27. The molecule has 4 nitrogen and oxygen atoms in total. The summed E-state index contributed by atoms with van der Waals surface area (Å²) >= 11 is 3.44. The van der Waals surface area contributed by atoms with Gasteiger partial charge in [0.1, 0.15) is 5.75 Å². The minimum atomic E-state index is 0.0427. The summed E-state index contributed by atoms with van der Waals surface area (Å²) in [5.41, 5.74) is 6.62. The van der Waals surface area contributed by atoms with Crippen LogP contribution < -0.4 is 10.5 Å². The summed E-state index contributed by atoms with van der Waals surface area (Å²) < 4.78 is 5.99. The molecule has 2 rings (SSSR count). The molecule has 1 aromatic rings. The van der Waals surface area contributed by atoms with Crippen molar-refractivity contribution in [2.45, 2.75) is 25.8 Å². The van der Waals surface area contributed by atoms with Gasteiger partial charge in [-0.25, -0.2) is 0 Å². The third-order valence-electron chi connectivity index (χ3n) is 3.89. The van der Waals surface area contributed by atoms with E-state index in [1.165, 1.54) is 0 Å². The van der Waals surface area contributed by atoms with E-state index in [0.717, 1.165) is 30.4 Å². The number of carbonyl (C=O) groups is 1. The summed E-state index contributed by atoms with van der Waals surface area (Å²) in [6, 6.07) is 5.59. The number of likely N-dealkylation sites (tertiary alicyclic amines) is 1. The van der Waals surface area contributed by atoms with E-state index in [1.807, 2.05) is 24.0 Å². The molecule has 0 saturated carbocycles. The summed E-state index contributed by atoms with van der Waals surface area (Å²) in [6.07, 6.45) is 2.11. The molecule has 1 saturated heterocycles. The van der Waals surface area contributed by atoms with Gasteiger partial charge in [0, 0.05) is 23.6 Å². The monoisotopic (exact) mass is 340 g/mol. The van der Waals surface area contributed by atoms with Crippen LogP contribution in [0.1, 0.15) is 30.1 Å². The van der Waals surface area contributed by atoms with Gasteiger partial charge in [0.2, 0.25) is 0 Å². The van der Waals surface area contributed by atoms with Crippen molar-refractivity contribution in [1.82, 2.24) is 4.90 Å². The Balaban J connectivity index is 2.18. The lowest BCUT2D eigenvalue weighted by Crippen LogP contribution is -2.45. The second-order valence-electron chi connectivity index (χ2n) is 5.36. The fourth-order valence-electron chi connectivity index (χ4n) is 2.59. The van der Waals surface area contributed by atoms with Gasteiger partial charge in [0.15, 0.2) is 0 Å². The zero-order chi connectivity index (χ0) is 14.7. The number of ether oxygens (including phenoxy) is 1. The maximum Gasteiger partial charge on any atom is 0.255 e. The van der Waals surface area contributed by atoms with E-state index in [1.54, 1.807) is 13.2 Å². The van der Waals surface area contributed by atoms with Crippen LogP contribution in [0.25, 0.3) is 0 Å². The maximum absolute atomic E-state index is 12.7. The molecule has 5 heteroatoms. The van der Waals surface area contributed by atoms with Gasteiger partial charge in [-0.2, -0.15) is 0 Å². The van der Waals surface area contributed by atoms with E-state index in [9.17, 15) is 4.79 Å². The molecule has 0 aliphatic carbocycles. The van der Waals surface area contributed by atoms with Crippen LogP contribution in [-0.2, 0) is 0 Å². The average Bonchev–Trinajstić information content (AvgIpc) is 2.47. The quantitative estimate of drug-likeness (QED) is 0.920. The van der Waals surface area contributed by atoms with Crippen LogP contribution in [0.2, 0.25) is 0 Å². The van der Waals surface area contributed by atoms with E-state index in [4.69, 9.17) is 10.5 Å². The Morgan fingerprint density at radius 1 is 1.55 bits per heavy atom. The van der Waals surface area contributed by atoms with Crippen LogP contribution >= 0.6 is 15.9 Å². The molecule has 2 atom stereocenters. The second-order valence-corrected chi connectivity index (χ2v) is 6.21. The lowest BCUT2D eigenvalue weighted by atomic mass is 9.92. The standard InChI is InChI=1S/C15H21BrN2O2/c1-10(17)11-4-3-7-18(9-11)15(19)13-8-12(20-2)5-6-14(13)16/h5-6,8,10-11H,3-4,7,9,17H2,1-2H3/t10-,11+/m1/s1. The Labute approximate surface area is 128 Å². The molecule has 1 heterocycles. The number of nitrogens with two attached hydrogens (primary N) is 1. The molecule has 1 aliphatic heterocycles. The lowest BCUT2D eigenvalue weighted by molar-refractivity contribution is 0.0659. The van der Waals surface area contributed by atoms with Gasteiger partial charge >= 0.3 is 0 Å². The molecule has 1 fully saturated rings. The van der Waals surface area contributed by atoms with Crippen LogP contribution in [0.15, 0.2) is 22.7 Å². The summed E-state index contributed by atoms with van der Waals surface area (Å²) in [5, 5.41) is 0. The molecule has 0 radical (unpaired) electrons. The molecule has 0 bridgehead atoms. The van der Waals surface area contributed by atoms with Gasteiger partial charge in [-0.3, -0.25) is 4.79 Å². The fraction of sp³-hybridized carbons (Fsp3) is 0.533. The molecule has 2 N–H and O–H groups in total. The van der Waals surface area contributed by atoms with Crippen molar-refractivity contribution in [1.29, 1.82) is 0 Å². The molecule has 0 aromatic heterocycles. The summed E-state index contributed by atoms with van der Waals surface area (Å²) in [6.45, 7) is 3.55. The SMILES string of the molecule is COc1ccc(Br)c(C(=O)N2CCC[C@H]([C@@H](C)N)C2)c1. The van der Waals surface area contributed by atoms with Crippen molar-refractivity contribution in [3.8, 4) is 5.75 Å². The van der Waals surface area contributed by atoms with Crippen molar-refractivity contribution in [3.05, 3.63) is 28.2 Å². The minimum absolute atomic E-state index is 0.0427. The Kier molecular flexibility index (Phi) is 5.05. The Hall–Kier alpha value is -1.07. The van der Waals surface area contributed by atoms with Gasteiger partial charge in [-0.15, -0.1) is 0 Å². The smallest absolute Gasteiger partial charge is 0.255 e. The molecule has 1 aromatic carbocycles. The number of carbonyl (C=O) groups excluding carboxylic acids is 1. The third-order valence-corrected chi connectivity index (χ3v) is 4.58. The van der Waals surface area contributed by atoms with E-state index in [0.29, 0.717) is 17.2 Å². The van der Waals surface area contributed by atoms with Crippen molar-refractivity contribution < 1.29 is 9.53 Å². The van der Waals surface area contributed by atoms with E-state index in [-0.39, 0.29) is 11.9 Å². The van der Waals surface area contributed by atoms with Gasteiger partial charge in [-0.05, 0) is 59.8 Å². The van der Waals surface area contributed by atoms with Crippen molar-refractivity contribution in [2.75, 3.05) is 20.2 Å². The fourth-order valence-corrected chi connectivity index (χ4v) is 3.01. The van der Waals surface area contributed by atoms with E-state index >= 15 is 0 Å². The van der Waals surface area contributed by atoms with Crippen LogP contribution in [-0.4, -0.2) is 37.0 Å². The molecular formula is C15H21BrN2O2. The maximum atomic E-state index is 12.7. The number of halogens is 1. The summed E-state index contributed by atoms with van der Waals surface area (Å²) in [7, 11) is 1.60. The summed E-state index contributed by atoms with van der Waals surface area (Å²) in [4.78, 5) is 14.6. The van der Waals surface area contributed by atoms with Crippen molar-refractivity contribution >= 4 is 21.8 Å². The molecule has 0 unspecified atom stereocenters. The third kappa shape index (κ3) is 3.33. The Bertz CT molecular complexity index is 491. The number of hydrogen-bond donors (Lipinski definition) is 1. The zero-order valence-electron chi connectivity index (χ0n) is 11.9. The Morgan fingerprint density at radius 2 is 2.30 bits per heavy atom. The first-order valence-corrected chi connectivity index (χ1v) is 7.70. The zero-order valence-corrected chi connectivity index (χ0v) is 13.5. The van der Waals surface area contributed by atoms with Crippen molar-refractivity contribution in [2.24, 2.45) is 11.7 Å². The number of nitrogens with zero attached hydrogens (tertiary/aromatic N) is 1. The summed E-state index contributed by atoms with van der Waals surface area (Å²) in [5.74, 6) is 1.12. The first-order valence-electron chi connectivity index (χ1n) is 6.91. The normalized spacial score (nSPS) is 20.6. The van der Waals surface area contributed by atoms with Gasteiger partial charge in [-0.1, -0.05) is 0 Å². The van der Waals surface area contributed by atoms with Crippen LogP contribution in [0.5, 0.6) is 5.75 Å². The largest absolute Gasteiger partial charge is 0.497 e. The highest BCUT2D eigenvalue weighted by Crippen LogP contribution is 2.26. The number of rotatable bonds is 3. The highest BCUT2D eigenvalue weighted by molar-refractivity contribution is 9.10. The number of methoxy groups -OCH3 is 1. The topological polar surface area (TPSA) is 55.6 Å². The number of amides is 1. The van der Waals surface area contributed by atoms with Crippen LogP contribution in [0.4, 0.5) is 0 Å². The minimum Gasteiger partial charge on any atom is -0.497 e. The second kappa shape index (κ2) is 6.59. The Morgan fingerprint density at radius 3 is 2.95 bits per heavy atom. The van der Waals surface area contributed by atoms with Gasteiger partial charge in [0.05, 0.1) is 12.7 Å². The first-order chi connectivity index (χ1) is 9.52. The number of benzene rings is 1. The first kappa shape index (κ1) is 15.3. The molecule has 110 valence electrons. The highest BCUT2D eigenvalue weighted by atomic mass is 79.9. The average molecular weight is 341 g/mol. The predicted octanol–water partition coefficient (Wildman–Crippen LogP) is 2.66. The van der Waals surface area contributed by atoms with Crippen molar-refractivity contribution in [3.63, 3.8) is 0 Å². The molecule has 1 amide bonds.